The lowest BCUT2D eigenvalue weighted by molar-refractivity contribution is 0.646. The number of hydrogen-bond acceptors (Lipinski definition) is 1. The fourth-order valence-electron chi connectivity index (χ4n) is 1.22. The Morgan fingerprint density at radius 2 is 2.19 bits per heavy atom. The average Bonchev–Trinajstić information content (AvgIpc) is 2.23. The summed E-state index contributed by atoms with van der Waals surface area (Å²) < 4.78 is 1.11. The summed E-state index contributed by atoms with van der Waals surface area (Å²) in [6, 6.07) is 6.48. The highest BCUT2D eigenvalue weighted by Crippen LogP contribution is 2.19. The van der Waals surface area contributed by atoms with E-state index < -0.39 is 0 Å². The molecule has 1 atom stereocenters. The molecule has 0 radical (unpaired) electrons. The number of rotatable bonds is 3. The maximum absolute atomic E-state index is 5.22. The molecule has 1 aromatic rings. The summed E-state index contributed by atoms with van der Waals surface area (Å²) in [5.41, 5.74) is 2.21. The third-order valence-corrected chi connectivity index (χ3v) is 3.52. The Balaban J connectivity index is 2.59. The van der Waals surface area contributed by atoms with E-state index in [0.717, 1.165) is 16.6 Å². The lowest BCUT2D eigenvalue weighted by atomic mass is 10.2. The Hall–Kier alpha value is -0.610. The van der Waals surface area contributed by atoms with Crippen LogP contribution in [0.25, 0.3) is 0 Å². The molecule has 0 unspecified atom stereocenters. The van der Waals surface area contributed by atoms with Crippen molar-refractivity contribution in [1.82, 2.24) is 5.32 Å². The summed E-state index contributed by atoms with van der Waals surface area (Å²) in [5, 5.41) is 7.07. The van der Waals surface area contributed by atoms with Gasteiger partial charge in [-0.2, -0.15) is 0 Å². The van der Waals surface area contributed by atoms with Crippen LogP contribution in [0.15, 0.2) is 22.7 Å². The first-order chi connectivity index (χ1) is 7.52. The van der Waals surface area contributed by atoms with Crippen molar-refractivity contribution in [3.05, 3.63) is 28.2 Å². The molecule has 1 aromatic carbocycles. The summed E-state index contributed by atoms with van der Waals surface area (Å²) in [4.78, 5) is 0. The maximum Gasteiger partial charge on any atom is 0.170 e. The van der Waals surface area contributed by atoms with Crippen molar-refractivity contribution in [2.75, 3.05) is 5.32 Å². The van der Waals surface area contributed by atoms with Crippen molar-refractivity contribution in [2.45, 2.75) is 33.2 Å². The van der Waals surface area contributed by atoms with Gasteiger partial charge in [0.1, 0.15) is 0 Å². The van der Waals surface area contributed by atoms with E-state index in [9.17, 15) is 0 Å². The van der Waals surface area contributed by atoms with Gasteiger partial charge in [-0.25, -0.2) is 0 Å². The highest BCUT2D eigenvalue weighted by molar-refractivity contribution is 9.10. The molecule has 4 heteroatoms. The standard InChI is InChI=1S/C12H17BrN2S/c1-4-9(3)14-12(16)15-10-5-6-11(13)8(2)7-10/h5-7,9H,4H2,1-3H3,(H2,14,15,16)/t9-/m0/s1. The van der Waals surface area contributed by atoms with Gasteiger partial charge in [-0.1, -0.05) is 22.9 Å². The predicted molar refractivity (Wildman–Crippen MR) is 78.0 cm³/mol. The fraction of sp³-hybridized carbons (Fsp3) is 0.417. The van der Waals surface area contributed by atoms with Crippen LogP contribution < -0.4 is 10.6 Å². The highest BCUT2D eigenvalue weighted by atomic mass is 79.9. The number of aryl methyl sites for hydroxylation is 1. The van der Waals surface area contributed by atoms with Crippen molar-refractivity contribution in [2.24, 2.45) is 0 Å². The minimum absolute atomic E-state index is 0.400. The first-order valence-corrected chi connectivity index (χ1v) is 6.56. The molecule has 0 amide bonds. The molecule has 16 heavy (non-hydrogen) atoms. The van der Waals surface area contributed by atoms with Gasteiger partial charge in [0.15, 0.2) is 5.11 Å². The largest absolute Gasteiger partial charge is 0.360 e. The molecule has 0 bridgehead atoms. The molecule has 2 nitrogen and oxygen atoms in total. The van der Waals surface area contributed by atoms with Crippen LogP contribution in [-0.2, 0) is 0 Å². The van der Waals surface area contributed by atoms with E-state index in [1.54, 1.807) is 0 Å². The first kappa shape index (κ1) is 13.5. The van der Waals surface area contributed by atoms with Crippen molar-refractivity contribution in [3.63, 3.8) is 0 Å². The second-order valence-corrected chi connectivity index (χ2v) is 5.13. The zero-order chi connectivity index (χ0) is 12.1. The van der Waals surface area contributed by atoms with Crippen LogP contribution in [-0.4, -0.2) is 11.2 Å². The minimum Gasteiger partial charge on any atom is -0.360 e. The van der Waals surface area contributed by atoms with Gasteiger partial charge in [-0.3, -0.25) is 0 Å². The van der Waals surface area contributed by atoms with E-state index in [0.29, 0.717) is 11.2 Å². The molecule has 88 valence electrons. The number of anilines is 1. The Morgan fingerprint density at radius 1 is 1.50 bits per heavy atom. The fourth-order valence-corrected chi connectivity index (χ4v) is 1.78. The van der Waals surface area contributed by atoms with Crippen molar-refractivity contribution in [1.29, 1.82) is 0 Å². The van der Waals surface area contributed by atoms with E-state index in [4.69, 9.17) is 12.2 Å². The van der Waals surface area contributed by atoms with E-state index in [-0.39, 0.29) is 0 Å². The second kappa shape index (κ2) is 6.21. The van der Waals surface area contributed by atoms with Crippen molar-refractivity contribution < 1.29 is 0 Å². The van der Waals surface area contributed by atoms with Gasteiger partial charge in [0.2, 0.25) is 0 Å². The smallest absolute Gasteiger partial charge is 0.170 e. The molecule has 1 rings (SSSR count). The zero-order valence-corrected chi connectivity index (χ0v) is 12.2. The number of benzene rings is 1. The van der Waals surface area contributed by atoms with Crippen LogP contribution in [0, 0.1) is 6.92 Å². The molecule has 0 saturated heterocycles. The van der Waals surface area contributed by atoms with Crippen LogP contribution in [0.3, 0.4) is 0 Å². The monoisotopic (exact) mass is 300 g/mol. The number of hydrogen-bond donors (Lipinski definition) is 2. The average molecular weight is 301 g/mol. The molecule has 0 saturated carbocycles. The summed E-state index contributed by atoms with van der Waals surface area (Å²) in [5.74, 6) is 0. The zero-order valence-electron chi connectivity index (χ0n) is 9.80. The molecule has 0 aliphatic rings. The van der Waals surface area contributed by atoms with Gasteiger partial charge in [-0.15, -0.1) is 0 Å². The Morgan fingerprint density at radius 3 is 2.75 bits per heavy atom. The minimum atomic E-state index is 0.400. The molecule has 0 aliphatic carbocycles. The lowest BCUT2D eigenvalue weighted by Crippen LogP contribution is -2.35. The van der Waals surface area contributed by atoms with Gasteiger partial charge >= 0.3 is 0 Å². The molecule has 0 aliphatic heterocycles. The Kier molecular flexibility index (Phi) is 5.22. The molecule has 0 fully saturated rings. The summed E-state index contributed by atoms with van der Waals surface area (Å²) >= 11 is 8.69. The highest BCUT2D eigenvalue weighted by Gasteiger charge is 2.02. The summed E-state index contributed by atoms with van der Waals surface area (Å²) in [6.07, 6.45) is 1.06. The van der Waals surface area contributed by atoms with Crippen LogP contribution >= 0.6 is 28.1 Å². The molecule has 0 aromatic heterocycles. The Bertz CT molecular complexity index is 379. The third kappa shape index (κ3) is 4.10. The summed E-state index contributed by atoms with van der Waals surface area (Å²) in [7, 11) is 0. The van der Waals surface area contributed by atoms with Gasteiger partial charge in [0.25, 0.3) is 0 Å². The van der Waals surface area contributed by atoms with Gasteiger partial charge < -0.3 is 10.6 Å². The van der Waals surface area contributed by atoms with E-state index in [2.05, 4.69) is 53.4 Å². The van der Waals surface area contributed by atoms with Crippen LogP contribution in [0.5, 0.6) is 0 Å². The predicted octanol–water partition coefficient (Wildman–Crippen LogP) is 3.84. The number of thiocarbonyl (C=S) groups is 1. The summed E-state index contributed by atoms with van der Waals surface area (Å²) in [6.45, 7) is 6.30. The molecule has 0 spiro atoms. The van der Waals surface area contributed by atoms with Gasteiger partial charge in [0.05, 0.1) is 0 Å². The van der Waals surface area contributed by atoms with E-state index in [1.807, 2.05) is 12.1 Å². The molecular weight excluding hydrogens is 284 g/mol. The molecular formula is C12H17BrN2S. The van der Waals surface area contributed by atoms with Crippen LogP contribution in [0.1, 0.15) is 25.8 Å². The SMILES string of the molecule is CC[C@H](C)NC(=S)Nc1ccc(Br)c(C)c1. The normalized spacial score (nSPS) is 12.0. The Labute approximate surface area is 111 Å². The van der Waals surface area contributed by atoms with E-state index in [1.165, 1.54) is 5.56 Å². The van der Waals surface area contributed by atoms with Crippen molar-refractivity contribution >= 4 is 38.9 Å². The molecule has 2 N–H and O–H groups in total. The van der Waals surface area contributed by atoms with E-state index >= 15 is 0 Å². The van der Waals surface area contributed by atoms with Gasteiger partial charge in [0, 0.05) is 16.2 Å². The maximum atomic E-state index is 5.22. The van der Waals surface area contributed by atoms with Crippen LogP contribution in [0.4, 0.5) is 5.69 Å². The first-order valence-electron chi connectivity index (χ1n) is 5.36. The number of nitrogens with one attached hydrogen (secondary N) is 2. The lowest BCUT2D eigenvalue weighted by Gasteiger charge is -2.15. The van der Waals surface area contributed by atoms with Gasteiger partial charge in [-0.05, 0) is 56.2 Å². The van der Waals surface area contributed by atoms with Crippen LogP contribution in [0.2, 0.25) is 0 Å². The topological polar surface area (TPSA) is 24.1 Å². The van der Waals surface area contributed by atoms with Crippen molar-refractivity contribution in [3.8, 4) is 0 Å². The number of halogens is 1. The quantitative estimate of drug-likeness (QED) is 0.829. The molecule has 0 heterocycles. The third-order valence-electron chi connectivity index (χ3n) is 2.41. The second-order valence-electron chi connectivity index (χ2n) is 3.87.